The number of hydrogen-bond acceptors (Lipinski definition) is 6. The number of benzene rings is 1. The van der Waals surface area contributed by atoms with Gasteiger partial charge in [0.15, 0.2) is 17.0 Å². The maximum absolute atomic E-state index is 13.2. The Labute approximate surface area is 154 Å². The largest absolute Gasteiger partial charge is 0.461 e. The summed E-state index contributed by atoms with van der Waals surface area (Å²) in [5.74, 6) is -0.576. The lowest BCUT2D eigenvalue weighted by atomic mass is 10.2. The molecule has 1 aromatic carbocycles. The first-order valence-electron chi connectivity index (χ1n) is 8.26. The van der Waals surface area contributed by atoms with Gasteiger partial charge in [-0.25, -0.2) is 23.2 Å². The topological polar surface area (TPSA) is 106 Å². The van der Waals surface area contributed by atoms with Gasteiger partial charge < -0.3 is 9.72 Å². The van der Waals surface area contributed by atoms with Gasteiger partial charge in [-0.3, -0.25) is 4.40 Å². The molecule has 0 aliphatic heterocycles. The highest BCUT2D eigenvalue weighted by Gasteiger charge is 2.25. The first-order valence-corrected chi connectivity index (χ1v) is 9.74. The summed E-state index contributed by atoms with van der Waals surface area (Å²) in [6.45, 7) is 3.75. The third-order valence-corrected chi connectivity index (χ3v) is 5.92. The number of aromatic nitrogens is 4. The van der Waals surface area contributed by atoms with Crippen LogP contribution in [0.1, 0.15) is 23.0 Å². The Bertz CT molecular complexity index is 1290. The van der Waals surface area contributed by atoms with Crippen LogP contribution < -0.4 is 0 Å². The van der Waals surface area contributed by atoms with Crippen molar-refractivity contribution in [1.29, 1.82) is 0 Å². The number of nitrogens with one attached hydrogen (secondary N) is 1. The van der Waals surface area contributed by atoms with Gasteiger partial charge in [-0.2, -0.15) is 0 Å². The minimum absolute atomic E-state index is 0.0639. The normalized spacial score (nSPS) is 11.9. The molecule has 1 N–H and O–H groups in total. The highest BCUT2D eigenvalue weighted by molar-refractivity contribution is 7.91. The van der Waals surface area contributed by atoms with Crippen LogP contribution in [0.2, 0.25) is 0 Å². The quantitative estimate of drug-likeness (QED) is 0.542. The summed E-state index contributed by atoms with van der Waals surface area (Å²) >= 11 is 0. The predicted molar refractivity (Wildman–Crippen MR) is 97.4 cm³/mol. The van der Waals surface area contributed by atoms with Gasteiger partial charge in [0.05, 0.1) is 17.7 Å². The lowest BCUT2D eigenvalue weighted by Gasteiger charge is -2.05. The van der Waals surface area contributed by atoms with E-state index in [-0.39, 0.29) is 22.1 Å². The molecule has 138 valence electrons. The summed E-state index contributed by atoms with van der Waals surface area (Å²) in [5.41, 5.74) is 1.99. The number of hydrogen-bond donors (Lipinski definition) is 1. The standard InChI is InChI=1S/C18H16N4O4S/c1-3-26-18(23)13-10-22-15(21-13)9-20-17-16(22)14(8-19-17)27(24,25)12-6-4-5-11(2)7-12/h4-10,19H,3H2,1-2H3. The maximum Gasteiger partial charge on any atom is 0.358 e. The molecule has 0 saturated heterocycles. The number of H-pyrrole nitrogens is 1. The van der Waals surface area contributed by atoms with E-state index < -0.39 is 15.8 Å². The van der Waals surface area contributed by atoms with Gasteiger partial charge in [0, 0.05) is 12.4 Å². The van der Waals surface area contributed by atoms with Crippen molar-refractivity contribution >= 4 is 32.6 Å². The fourth-order valence-corrected chi connectivity index (χ4v) is 4.44. The van der Waals surface area contributed by atoms with Crippen molar-refractivity contribution < 1.29 is 17.9 Å². The number of nitrogens with zero attached hydrogens (tertiary/aromatic N) is 3. The number of sulfone groups is 1. The molecule has 0 saturated carbocycles. The van der Waals surface area contributed by atoms with Gasteiger partial charge in [-0.05, 0) is 31.5 Å². The zero-order valence-electron chi connectivity index (χ0n) is 14.6. The van der Waals surface area contributed by atoms with Gasteiger partial charge in [-0.15, -0.1) is 0 Å². The lowest BCUT2D eigenvalue weighted by Crippen LogP contribution is -2.04. The Morgan fingerprint density at radius 1 is 1.33 bits per heavy atom. The number of carbonyl (C=O) groups excluding carboxylic acids is 1. The number of aromatic amines is 1. The summed E-state index contributed by atoms with van der Waals surface area (Å²) < 4.78 is 32.9. The van der Waals surface area contributed by atoms with Crippen LogP contribution in [0.3, 0.4) is 0 Å². The summed E-state index contributed by atoms with van der Waals surface area (Å²) in [4.78, 5) is 23.5. The highest BCUT2D eigenvalue weighted by atomic mass is 32.2. The minimum Gasteiger partial charge on any atom is -0.461 e. The van der Waals surface area contributed by atoms with E-state index in [1.165, 1.54) is 23.0 Å². The van der Waals surface area contributed by atoms with Crippen molar-refractivity contribution in [1.82, 2.24) is 19.4 Å². The molecule has 0 spiro atoms. The van der Waals surface area contributed by atoms with E-state index in [9.17, 15) is 13.2 Å². The van der Waals surface area contributed by atoms with Crippen molar-refractivity contribution in [2.24, 2.45) is 0 Å². The van der Waals surface area contributed by atoms with Crippen LogP contribution in [0, 0.1) is 6.92 Å². The molecule has 3 heterocycles. The second kappa shape index (κ2) is 6.20. The van der Waals surface area contributed by atoms with Gasteiger partial charge in [0.1, 0.15) is 10.4 Å². The van der Waals surface area contributed by atoms with Crippen molar-refractivity contribution in [2.45, 2.75) is 23.6 Å². The Morgan fingerprint density at radius 3 is 2.89 bits per heavy atom. The van der Waals surface area contributed by atoms with Gasteiger partial charge in [0.25, 0.3) is 0 Å². The van der Waals surface area contributed by atoms with Crippen molar-refractivity contribution in [3.8, 4) is 0 Å². The fraction of sp³-hybridized carbons (Fsp3) is 0.167. The van der Waals surface area contributed by atoms with E-state index in [2.05, 4.69) is 15.0 Å². The molecule has 0 aliphatic rings. The molecule has 8 nitrogen and oxygen atoms in total. The third kappa shape index (κ3) is 2.76. The average molecular weight is 384 g/mol. The molecule has 9 heteroatoms. The van der Waals surface area contributed by atoms with Crippen LogP contribution in [0.25, 0.3) is 16.8 Å². The Morgan fingerprint density at radius 2 is 2.15 bits per heavy atom. The molecule has 4 aromatic rings. The van der Waals surface area contributed by atoms with Gasteiger partial charge in [-0.1, -0.05) is 12.1 Å². The number of esters is 1. The molecule has 0 unspecified atom stereocenters. The first-order chi connectivity index (χ1) is 12.9. The van der Waals surface area contributed by atoms with Crippen LogP contribution in [-0.4, -0.2) is 40.3 Å². The van der Waals surface area contributed by atoms with Crippen molar-refractivity contribution in [3.63, 3.8) is 0 Å². The number of carbonyl (C=O) groups is 1. The third-order valence-electron chi connectivity index (χ3n) is 4.15. The number of rotatable bonds is 4. The summed E-state index contributed by atoms with van der Waals surface area (Å²) in [6, 6.07) is 6.68. The van der Waals surface area contributed by atoms with Crippen LogP contribution >= 0.6 is 0 Å². The van der Waals surface area contributed by atoms with E-state index in [1.54, 1.807) is 25.1 Å². The van der Waals surface area contributed by atoms with Gasteiger partial charge >= 0.3 is 5.97 Å². The van der Waals surface area contributed by atoms with Crippen LogP contribution in [0.4, 0.5) is 0 Å². The van der Waals surface area contributed by atoms with E-state index >= 15 is 0 Å². The molecule has 0 fully saturated rings. The van der Waals surface area contributed by atoms with Gasteiger partial charge in [0.2, 0.25) is 9.84 Å². The minimum atomic E-state index is -3.79. The molecule has 4 rings (SSSR count). The summed E-state index contributed by atoms with van der Waals surface area (Å²) in [6.07, 6.45) is 4.32. The maximum atomic E-state index is 13.2. The zero-order chi connectivity index (χ0) is 19.2. The zero-order valence-corrected chi connectivity index (χ0v) is 15.4. The summed E-state index contributed by atoms with van der Waals surface area (Å²) in [5, 5.41) is 0. The molecular weight excluding hydrogens is 368 g/mol. The van der Waals surface area contributed by atoms with Crippen LogP contribution in [-0.2, 0) is 14.6 Å². The molecule has 0 radical (unpaired) electrons. The Kier molecular flexibility index (Phi) is 3.96. The lowest BCUT2D eigenvalue weighted by molar-refractivity contribution is 0.0520. The van der Waals surface area contributed by atoms with E-state index in [1.807, 2.05) is 13.0 Å². The average Bonchev–Trinajstić information content (AvgIpc) is 3.26. The number of fused-ring (bicyclic) bond motifs is 3. The van der Waals surface area contributed by atoms with E-state index in [0.29, 0.717) is 16.8 Å². The van der Waals surface area contributed by atoms with Crippen molar-refractivity contribution in [2.75, 3.05) is 6.61 Å². The van der Waals surface area contributed by atoms with Crippen molar-refractivity contribution in [3.05, 3.63) is 54.1 Å². The molecule has 0 amide bonds. The fourth-order valence-electron chi connectivity index (χ4n) is 2.92. The number of aryl methyl sites for hydroxylation is 1. The van der Waals surface area contributed by atoms with Crippen LogP contribution in [0.5, 0.6) is 0 Å². The second-order valence-electron chi connectivity index (χ2n) is 6.00. The smallest absolute Gasteiger partial charge is 0.358 e. The predicted octanol–water partition coefficient (Wildman–Crippen LogP) is 2.53. The molecule has 0 bridgehead atoms. The second-order valence-corrected chi connectivity index (χ2v) is 7.92. The number of imidazole rings is 1. The van der Waals surface area contributed by atoms with Crippen LogP contribution in [0.15, 0.2) is 52.6 Å². The monoisotopic (exact) mass is 384 g/mol. The molecular formula is C18H16N4O4S. The number of ether oxygens (including phenoxy) is 1. The Balaban J connectivity index is 1.97. The SMILES string of the molecule is CCOC(=O)c1cn2c(cnc3[nH]cc(S(=O)(=O)c4cccc(C)c4)c32)n1. The van der Waals surface area contributed by atoms with E-state index in [0.717, 1.165) is 5.56 Å². The van der Waals surface area contributed by atoms with E-state index in [4.69, 9.17) is 4.74 Å². The summed E-state index contributed by atoms with van der Waals surface area (Å²) in [7, 11) is -3.79. The molecule has 0 aliphatic carbocycles. The Hall–Kier alpha value is -3.20. The first kappa shape index (κ1) is 17.2. The molecule has 27 heavy (non-hydrogen) atoms. The molecule has 3 aromatic heterocycles. The highest BCUT2D eigenvalue weighted by Crippen LogP contribution is 2.28. The molecule has 0 atom stereocenters.